The van der Waals surface area contributed by atoms with E-state index in [9.17, 15) is 9.90 Å². The van der Waals surface area contributed by atoms with Gasteiger partial charge in [0, 0.05) is 17.8 Å². The number of hydrogen-bond acceptors (Lipinski definition) is 3. The van der Waals surface area contributed by atoms with Gasteiger partial charge in [0.25, 0.3) is 5.91 Å². The van der Waals surface area contributed by atoms with Gasteiger partial charge in [-0.2, -0.15) is 0 Å². The number of carbonyl (C=O) groups is 1. The number of aromatic amines is 1. The monoisotopic (exact) mass is 325 g/mol. The largest absolute Gasteiger partial charge is 0.508 e. The maximum atomic E-state index is 12.6. The molecular weight excluding hydrogens is 302 g/mol. The summed E-state index contributed by atoms with van der Waals surface area (Å²) in [5.41, 5.74) is 2.41. The summed E-state index contributed by atoms with van der Waals surface area (Å²) in [4.78, 5) is 18.3. The van der Waals surface area contributed by atoms with Crippen LogP contribution >= 0.6 is 0 Å². The van der Waals surface area contributed by atoms with E-state index in [1.807, 2.05) is 24.3 Å². The van der Waals surface area contributed by atoms with E-state index in [4.69, 9.17) is 0 Å². The van der Waals surface area contributed by atoms with Crippen LogP contribution in [0.2, 0.25) is 0 Å². The molecule has 1 aromatic carbocycles. The zero-order chi connectivity index (χ0) is 16.7. The quantitative estimate of drug-likeness (QED) is 0.812. The summed E-state index contributed by atoms with van der Waals surface area (Å²) < 4.78 is 0. The minimum Gasteiger partial charge on any atom is -0.508 e. The van der Waals surface area contributed by atoms with Crippen LogP contribution in [0.15, 0.2) is 36.4 Å². The Kier molecular flexibility index (Phi) is 3.81. The third-order valence-corrected chi connectivity index (χ3v) is 5.58. The number of phenols is 1. The van der Waals surface area contributed by atoms with Crippen molar-refractivity contribution >= 4 is 5.91 Å². The van der Waals surface area contributed by atoms with Crippen molar-refractivity contribution in [2.45, 2.75) is 31.8 Å². The van der Waals surface area contributed by atoms with Crippen molar-refractivity contribution in [3.05, 3.63) is 42.1 Å². The van der Waals surface area contributed by atoms with Crippen molar-refractivity contribution in [3.8, 4) is 17.0 Å². The Bertz CT molecular complexity index is 727. The van der Waals surface area contributed by atoms with Crippen LogP contribution in [-0.2, 0) is 0 Å². The predicted octanol–water partition coefficient (Wildman–Crippen LogP) is 2.60. The molecule has 2 atom stereocenters. The molecule has 1 aromatic heterocycles. The van der Waals surface area contributed by atoms with Gasteiger partial charge in [-0.25, -0.2) is 0 Å². The molecule has 5 rings (SSSR count). The van der Waals surface area contributed by atoms with Gasteiger partial charge in [0.15, 0.2) is 0 Å². The van der Waals surface area contributed by atoms with Gasteiger partial charge >= 0.3 is 0 Å². The van der Waals surface area contributed by atoms with Crippen molar-refractivity contribution in [1.82, 2.24) is 15.2 Å². The molecule has 0 radical (unpaired) electrons. The molecule has 3 saturated heterocycles. The van der Waals surface area contributed by atoms with Crippen LogP contribution < -0.4 is 5.32 Å². The molecule has 4 heterocycles. The molecule has 0 spiro atoms. The number of aromatic nitrogens is 1. The molecule has 3 aliphatic rings. The van der Waals surface area contributed by atoms with Gasteiger partial charge < -0.3 is 15.4 Å². The summed E-state index contributed by atoms with van der Waals surface area (Å²) in [6, 6.07) is 11.3. The number of rotatable bonds is 3. The van der Waals surface area contributed by atoms with Crippen molar-refractivity contribution in [1.29, 1.82) is 0 Å². The summed E-state index contributed by atoms with van der Waals surface area (Å²) >= 11 is 0. The number of phenolic OH excluding ortho intramolecular Hbond substituents is 1. The van der Waals surface area contributed by atoms with Gasteiger partial charge in [0.05, 0.1) is 0 Å². The number of H-pyrrole nitrogens is 1. The lowest BCUT2D eigenvalue weighted by Gasteiger charge is -2.49. The molecule has 3 aliphatic heterocycles. The number of aromatic hydroxyl groups is 1. The van der Waals surface area contributed by atoms with Gasteiger partial charge in [0.2, 0.25) is 0 Å². The molecule has 2 aromatic rings. The van der Waals surface area contributed by atoms with Crippen molar-refractivity contribution in [2.24, 2.45) is 5.92 Å². The molecule has 1 amide bonds. The third-order valence-electron chi connectivity index (χ3n) is 5.58. The molecule has 5 heteroatoms. The fourth-order valence-electron chi connectivity index (χ4n) is 4.11. The SMILES string of the molecule is C[C@@H]1[C@H](NC(=O)c2ccc(-c3ccc(O)cc3)[nH]2)C2CCN1CC2. The van der Waals surface area contributed by atoms with E-state index in [2.05, 4.69) is 22.1 Å². The highest BCUT2D eigenvalue weighted by atomic mass is 16.3. The Hall–Kier alpha value is -2.27. The lowest BCUT2D eigenvalue weighted by Crippen LogP contribution is -2.62. The highest BCUT2D eigenvalue weighted by molar-refractivity contribution is 5.93. The molecule has 0 saturated carbocycles. The summed E-state index contributed by atoms with van der Waals surface area (Å²) in [7, 11) is 0. The van der Waals surface area contributed by atoms with Crippen molar-refractivity contribution in [3.63, 3.8) is 0 Å². The minimum atomic E-state index is -0.0365. The number of benzene rings is 1. The van der Waals surface area contributed by atoms with E-state index in [-0.39, 0.29) is 17.7 Å². The van der Waals surface area contributed by atoms with Gasteiger partial charge in [-0.15, -0.1) is 0 Å². The molecule has 2 bridgehead atoms. The second-order valence-corrected chi connectivity index (χ2v) is 6.95. The van der Waals surface area contributed by atoms with E-state index in [0.29, 0.717) is 17.7 Å². The lowest BCUT2D eigenvalue weighted by atomic mass is 9.79. The second-order valence-electron chi connectivity index (χ2n) is 6.95. The molecule has 126 valence electrons. The minimum absolute atomic E-state index is 0.0365. The first-order chi connectivity index (χ1) is 11.6. The number of nitrogens with one attached hydrogen (secondary N) is 2. The Morgan fingerprint density at radius 2 is 1.88 bits per heavy atom. The second kappa shape index (κ2) is 5.98. The zero-order valence-corrected chi connectivity index (χ0v) is 13.8. The number of nitrogens with zero attached hydrogens (tertiary/aromatic N) is 1. The normalized spacial score (nSPS) is 28.7. The van der Waals surface area contributed by atoms with E-state index < -0.39 is 0 Å². The van der Waals surface area contributed by atoms with Gasteiger partial charge in [0.1, 0.15) is 11.4 Å². The van der Waals surface area contributed by atoms with E-state index in [1.54, 1.807) is 12.1 Å². The van der Waals surface area contributed by atoms with Crippen LogP contribution in [-0.4, -0.2) is 46.1 Å². The van der Waals surface area contributed by atoms with E-state index in [1.165, 1.54) is 12.8 Å². The molecule has 3 N–H and O–H groups in total. The number of amides is 1. The summed E-state index contributed by atoms with van der Waals surface area (Å²) in [5.74, 6) is 0.797. The molecule has 24 heavy (non-hydrogen) atoms. The first kappa shape index (κ1) is 15.3. The highest BCUT2D eigenvalue weighted by Crippen LogP contribution is 2.32. The smallest absolute Gasteiger partial charge is 0.267 e. The standard InChI is InChI=1S/C19H23N3O2/c1-12-18(14-8-10-22(12)11-9-14)21-19(24)17-7-6-16(20-17)13-2-4-15(23)5-3-13/h2-7,12,14,18,20,23H,8-11H2,1H3,(H,21,24)/t12-,18+/m1/s1. The summed E-state index contributed by atoms with van der Waals surface area (Å²) in [6.45, 7) is 4.53. The topological polar surface area (TPSA) is 68.4 Å². The number of fused-ring (bicyclic) bond motifs is 3. The Morgan fingerprint density at radius 1 is 1.17 bits per heavy atom. The van der Waals surface area contributed by atoms with Gasteiger partial charge in [-0.05, 0) is 80.7 Å². The van der Waals surface area contributed by atoms with Crippen LogP contribution in [0.1, 0.15) is 30.3 Å². The van der Waals surface area contributed by atoms with Gasteiger partial charge in [-0.3, -0.25) is 9.69 Å². The summed E-state index contributed by atoms with van der Waals surface area (Å²) in [5, 5.41) is 12.6. The maximum Gasteiger partial charge on any atom is 0.267 e. The number of carbonyl (C=O) groups excluding carboxylic acids is 1. The lowest BCUT2D eigenvalue weighted by molar-refractivity contribution is 0.0216. The van der Waals surface area contributed by atoms with Crippen molar-refractivity contribution < 1.29 is 9.90 Å². The molecular formula is C19H23N3O2. The molecule has 5 nitrogen and oxygen atoms in total. The fraction of sp³-hybridized carbons (Fsp3) is 0.421. The highest BCUT2D eigenvalue weighted by Gasteiger charge is 2.40. The predicted molar refractivity (Wildman–Crippen MR) is 92.9 cm³/mol. The van der Waals surface area contributed by atoms with Crippen LogP contribution in [0, 0.1) is 5.92 Å². The maximum absolute atomic E-state index is 12.6. The van der Waals surface area contributed by atoms with Crippen molar-refractivity contribution in [2.75, 3.05) is 13.1 Å². The van der Waals surface area contributed by atoms with E-state index >= 15 is 0 Å². The first-order valence-electron chi connectivity index (χ1n) is 8.65. The summed E-state index contributed by atoms with van der Waals surface area (Å²) in [6.07, 6.45) is 2.36. The van der Waals surface area contributed by atoms with Crippen LogP contribution in [0.4, 0.5) is 0 Å². The number of hydrogen-bond donors (Lipinski definition) is 3. The van der Waals surface area contributed by atoms with Crippen LogP contribution in [0.5, 0.6) is 5.75 Å². The average Bonchev–Trinajstić information content (AvgIpc) is 3.09. The van der Waals surface area contributed by atoms with Crippen LogP contribution in [0.3, 0.4) is 0 Å². The first-order valence-corrected chi connectivity index (χ1v) is 8.65. The zero-order valence-electron chi connectivity index (χ0n) is 13.8. The fourth-order valence-corrected chi connectivity index (χ4v) is 4.11. The Labute approximate surface area is 141 Å². The van der Waals surface area contributed by atoms with E-state index in [0.717, 1.165) is 24.3 Å². The number of piperidine rings is 3. The van der Waals surface area contributed by atoms with Gasteiger partial charge in [-0.1, -0.05) is 0 Å². The molecule has 0 aliphatic carbocycles. The Balaban J connectivity index is 1.48. The van der Waals surface area contributed by atoms with Crippen LogP contribution in [0.25, 0.3) is 11.3 Å². The average molecular weight is 325 g/mol. The molecule has 0 unspecified atom stereocenters. The Morgan fingerprint density at radius 3 is 2.54 bits per heavy atom. The molecule has 3 fully saturated rings. The third kappa shape index (κ3) is 2.69.